The summed E-state index contributed by atoms with van der Waals surface area (Å²) in [4.78, 5) is 15.0. The number of carbonyl (C=O) groups is 1. The van der Waals surface area contributed by atoms with Gasteiger partial charge in [0.1, 0.15) is 0 Å². The minimum Gasteiger partial charge on any atom is -0.493 e. The summed E-state index contributed by atoms with van der Waals surface area (Å²) >= 11 is 0. The molecular formula is C25H28N2O5S. The molecule has 0 N–H and O–H groups in total. The minimum absolute atomic E-state index is 0.0371. The number of amides is 1. The average molecular weight is 469 g/mol. The molecule has 33 heavy (non-hydrogen) atoms. The van der Waals surface area contributed by atoms with Gasteiger partial charge in [0.05, 0.1) is 19.1 Å². The second-order valence-electron chi connectivity index (χ2n) is 8.12. The van der Waals surface area contributed by atoms with Crippen LogP contribution in [0.3, 0.4) is 0 Å². The Morgan fingerprint density at radius 3 is 2.24 bits per heavy atom. The van der Waals surface area contributed by atoms with E-state index in [1.807, 2.05) is 30.3 Å². The molecule has 1 saturated heterocycles. The molecular weight excluding hydrogens is 440 g/mol. The third kappa shape index (κ3) is 4.54. The molecule has 0 aliphatic carbocycles. The summed E-state index contributed by atoms with van der Waals surface area (Å²) in [5.41, 5.74) is 0.698. The average Bonchev–Trinajstić information content (AvgIpc) is 2.87. The van der Waals surface area contributed by atoms with Crippen LogP contribution in [0, 0.1) is 5.92 Å². The number of sulfonamides is 1. The van der Waals surface area contributed by atoms with Crippen molar-refractivity contribution in [2.45, 2.75) is 17.7 Å². The van der Waals surface area contributed by atoms with Crippen LogP contribution < -0.4 is 14.4 Å². The molecule has 1 aliphatic rings. The maximum Gasteiger partial charge on any atom is 0.243 e. The van der Waals surface area contributed by atoms with E-state index in [4.69, 9.17) is 9.47 Å². The number of benzene rings is 3. The Morgan fingerprint density at radius 1 is 0.909 bits per heavy atom. The minimum atomic E-state index is -3.61. The Morgan fingerprint density at radius 2 is 1.58 bits per heavy atom. The van der Waals surface area contributed by atoms with E-state index < -0.39 is 10.0 Å². The Hall–Kier alpha value is -3.10. The molecule has 0 unspecified atom stereocenters. The predicted octanol–water partition coefficient (Wildman–Crippen LogP) is 3.92. The smallest absolute Gasteiger partial charge is 0.243 e. The van der Waals surface area contributed by atoms with E-state index in [9.17, 15) is 13.2 Å². The number of anilines is 1. The van der Waals surface area contributed by atoms with Gasteiger partial charge in [0.15, 0.2) is 11.5 Å². The molecule has 8 heteroatoms. The monoisotopic (exact) mass is 468 g/mol. The normalized spacial score (nSPS) is 15.4. The summed E-state index contributed by atoms with van der Waals surface area (Å²) in [6.45, 7) is 0.622. The highest BCUT2D eigenvalue weighted by Crippen LogP contribution is 2.33. The van der Waals surface area contributed by atoms with Gasteiger partial charge in [-0.25, -0.2) is 8.42 Å². The van der Waals surface area contributed by atoms with Gasteiger partial charge in [0, 0.05) is 37.8 Å². The summed E-state index contributed by atoms with van der Waals surface area (Å²) in [6.07, 6.45) is 0.951. The molecule has 0 radical (unpaired) electrons. The zero-order chi connectivity index (χ0) is 23.6. The zero-order valence-corrected chi connectivity index (χ0v) is 19.8. The van der Waals surface area contributed by atoms with E-state index in [2.05, 4.69) is 0 Å². The number of methoxy groups -OCH3 is 2. The van der Waals surface area contributed by atoms with E-state index in [1.165, 1.54) is 4.31 Å². The first-order chi connectivity index (χ1) is 15.8. The van der Waals surface area contributed by atoms with Gasteiger partial charge in [0.25, 0.3) is 0 Å². The van der Waals surface area contributed by atoms with Gasteiger partial charge in [-0.3, -0.25) is 4.79 Å². The van der Waals surface area contributed by atoms with Crippen LogP contribution in [-0.2, 0) is 14.8 Å². The van der Waals surface area contributed by atoms with Crippen molar-refractivity contribution in [3.05, 3.63) is 60.7 Å². The number of hydrogen-bond donors (Lipinski definition) is 0. The molecule has 1 amide bonds. The number of rotatable bonds is 6. The molecule has 4 rings (SSSR count). The molecule has 1 aliphatic heterocycles. The van der Waals surface area contributed by atoms with Gasteiger partial charge in [-0.1, -0.05) is 30.3 Å². The molecule has 0 spiro atoms. The van der Waals surface area contributed by atoms with Gasteiger partial charge in [0.2, 0.25) is 15.9 Å². The van der Waals surface area contributed by atoms with Crippen LogP contribution in [0.25, 0.3) is 10.8 Å². The van der Waals surface area contributed by atoms with Crippen LogP contribution in [0.4, 0.5) is 5.69 Å². The van der Waals surface area contributed by atoms with Crippen molar-refractivity contribution in [3.63, 3.8) is 0 Å². The van der Waals surface area contributed by atoms with Gasteiger partial charge >= 0.3 is 0 Å². The van der Waals surface area contributed by atoms with Crippen LogP contribution in [-0.4, -0.2) is 53.0 Å². The van der Waals surface area contributed by atoms with Crippen LogP contribution in [0.1, 0.15) is 12.8 Å². The predicted molar refractivity (Wildman–Crippen MR) is 128 cm³/mol. The molecule has 0 bridgehead atoms. The first kappa shape index (κ1) is 23.1. The SMILES string of the molecule is COc1ccc(N(C)C(=O)C2CCN(S(=O)(=O)c3ccc4ccccc4c3)CC2)cc1OC. The second kappa shape index (κ2) is 9.41. The van der Waals surface area contributed by atoms with E-state index in [-0.39, 0.29) is 16.7 Å². The van der Waals surface area contributed by atoms with Crippen molar-refractivity contribution < 1.29 is 22.7 Å². The molecule has 3 aromatic rings. The van der Waals surface area contributed by atoms with Gasteiger partial charge in [-0.05, 0) is 47.9 Å². The van der Waals surface area contributed by atoms with Gasteiger partial charge in [-0.2, -0.15) is 4.31 Å². The topological polar surface area (TPSA) is 76.2 Å². The number of hydrogen-bond acceptors (Lipinski definition) is 5. The Bertz CT molecular complexity index is 1270. The molecule has 0 atom stereocenters. The van der Waals surface area contributed by atoms with Crippen LogP contribution in [0.2, 0.25) is 0 Å². The number of nitrogens with zero attached hydrogens (tertiary/aromatic N) is 2. The lowest BCUT2D eigenvalue weighted by Gasteiger charge is -2.32. The third-order valence-corrected chi connectivity index (χ3v) is 8.14. The van der Waals surface area contributed by atoms with E-state index in [1.54, 1.807) is 56.5 Å². The van der Waals surface area contributed by atoms with Gasteiger partial charge < -0.3 is 14.4 Å². The highest BCUT2D eigenvalue weighted by molar-refractivity contribution is 7.89. The van der Waals surface area contributed by atoms with E-state index in [0.717, 1.165) is 10.8 Å². The Balaban J connectivity index is 1.45. The van der Waals surface area contributed by atoms with E-state index in [0.29, 0.717) is 43.1 Å². The molecule has 0 saturated carbocycles. The molecule has 1 fully saturated rings. The standard InChI is InChI=1S/C25H28N2O5S/c1-26(21-9-11-23(31-2)24(17-21)32-3)25(28)19-12-14-27(15-13-19)33(29,30)22-10-8-18-6-4-5-7-20(18)16-22/h4-11,16-17,19H,12-15H2,1-3H3. The number of carbonyl (C=O) groups excluding carboxylic acids is 1. The van der Waals surface area contributed by atoms with Crippen LogP contribution in [0.5, 0.6) is 11.5 Å². The first-order valence-corrected chi connectivity index (χ1v) is 12.3. The molecule has 0 aromatic heterocycles. The van der Waals surface area contributed by atoms with Crippen molar-refractivity contribution >= 4 is 32.4 Å². The van der Waals surface area contributed by atoms with E-state index >= 15 is 0 Å². The van der Waals surface area contributed by atoms with Crippen LogP contribution >= 0.6 is 0 Å². The number of ether oxygens (including phenoxy) is 2. The van der Waals surface area contributed by atoms with Crippen molar-refractivity contribution in [2.75, 3.05) is 39.3 Å². The third-order valence-electron chi connectivity index (χ3n) is 6.25. The molecule has 3 aromatic carbocycles. The number of fused-ring (bicyclic) bond motifs is 1. The fourth-order valence-corrected chi connectivity index (χ4v) is 5.76. The number of piperidine rings is 1. The Labute approximate surface area is 194 Å². The highest BCUT2D eigenvalue weighted by atomic mass is 32.2. The largest absolute Gasteiger partial charge is 0.493 e. The molecule has 174 valence electrons. The lowest BCUT2D eigenvalue weighted by molar-refractivity contribution is -0.123. The summed E-state index contributed by atoms with van der Waals surface area (Å²) in [5.74, 6) is 0.858. The lowest BCUT2D eigenvalue weighted by atomic mass is 9.96. The lowest BCUT2D eigenvalue weighted by Crippen LogP contribution is -2.43. The Kier molecular flexibility index (Phi) is 6.58. The summed E-state index contributed by atoms with van der Waals surface area (Å²) in [6, 6.07) is 18.2. The molecule has 1 heterocycles. The fourth-order valence-electron chi connectivity index (χ4n) is 4.25. The second-order valence-corrected chi connectivity index (χ2v) is 10.1. The molecule has 7 nitrogen and oxygen atoms in total. The highest BCUT2D eigenvalue weighted by Gasteiger charge is 2.33. The van der Waals surface area contributed by atoms with Crippen molar-refractivity contribution in [1.29, 1.82) is 0 Å². The zero-order valence-electron chi connectivity index (χ0n) is 19.0. The summed E-state index contributed by atoms with van der Waals surface area (Å²) in [7, 11) is 1.22. The van der Waals surface area contributed by atoms with Crippen molar-refractivity contribution in [2.24, 2.45) is 5.92 Å². The maximum atomic E-state index is 13.2. The first-order valence-electron chi connectivity index (χ1n) is 10.8. The summed E-state index contributed by atoms with van der Waals surface area (Å²) < 4.78 is 38.5. The summed E-state index contributed by atoms with van der Waals surface area (Å²) in [5, 5.41) is 1.89. The fraction of sp³-hybridized carbons (Fsp3) is 0.320. The van der Waals surface area contributed by atoms with Crippen LogP contribution in [0.15, 0.2) is 65.6 Å². The van der Waals surface area contributed by atoms with Gasteiger partial charge in [-0.15, -0.1) is 0 Å². The van der Waals surface area contributed by atoms with Crippen molar-refractivity contribution in [1.82, 2.24) is 4.31 Å². The van der Waals surface area contributed by atoms with Crippen molar-refractivity contribution in [3.8, 4) is 11.5 Å². The quantitative estimate of drug-likeness (QED) is 0.548. The maximum absolute atomic E-state index is 13.2.